The molecule has 2 rings (SSSR count). The van der Waals surface area contributed by atoms with Crippen LogP contribution in [0.4, 0.5) is 0 Å². The van der Waals surface area contributed by atoms with Crippen LogP contribution in [-0.4, -0.2) is 29.3 Å². The molecule has 22 heavy (non-hydrogen) atoms. The third-order valence-electron chi connectivity index (χ3n) is 4.43. The molecule has 120 valence electrons. The van der Waals surface area contributed by atoms with Gasteiger partial charge < -0.3 is 10.2 Å². The first-order valence-electron chi connectivity index (χ1n) is 8.19. The van der Waals surface area contributed by atoms with Gasteiger partial charge in [0.05, 0.1) is 6.04 Å². The fraction of sp³-hybridized carbons (Fsp3) is 0.556. The number of benzene rings is 1. The van der Waals surface area contributed by atoms with E-state index in [-0.39, 0.29) is 17.9 Å². The number of amides is 2. The van der Waals surface area contributed by atoms with Crippen LogP contribution in [0.2, 0.25) is 0 Å². The smallest absolute Gasteiger partial charge is 0.222 e. The Balaban J connectivity index is 1.82. The van der Waals surface area contributed by atoms with Gasteiger partial charge in [0.1, 0.15) is 0 Å². The van der Waals surface area contributed by atoms with Crippen LogP contribution in [0.25, 0.3) is 0 Å². The van der Waals surface area contributed by atoms with Crippen molar-refractivity contribution in [3.63, 3.8) is 0 Å². The lowest BCUT2D eigenvalue weighted by Gasteiger charge is -2.27. The summed E-state index contributed by atoms with van der Waals surface area (Å²) >= 11 is 0. The largest absolute Gasteiger partial charge is 0.350 e. The molecule has 1 aliphatic carbocycles. The van der Waals surface area contributed by atoms with Crippen LogP contribution in [0.15, 0.2) is 30.3 Å². The molecule has 0 aliphatic heterocycles. The Hall–Kier alpha value is -1.84. The monoisotopic (exact) mass is 302 g/mol. The van der Waals surface area contributed by atoms with E-state index in [1.165, 1.54) is 12.8 Å². The highest BCUT2D eigenvalue weighted by molar-refractivity contribution is 5.78. The van der Waals surface area contributed by atoms with E-state index in [1.54, 1.807) is 6.92 Å². The summed E-state index contributed by atoms with van der Waals surface area (Å²) < 4.78 is 0. The van der Waals surface area contributed by atoms with Gasteiger partial charge in [-0.15, -0.1) is 0 Å². The van der Waals surface area contributed by atoms with Crippen molar-refractivity contribution in [1.29, 1.82) is 0 Å². The Morgan fingerprint density at radius 1 is 1.23 bits per heavy atom. The number of hydrogen-bond acceptors (Lipinski definition) is 2. The summed E-state index contributed by atoms with van der Waals surface area (Å²) in [6.07, 6.45) is 4.88. The third kappa shape index (κ3) is 4.58. The normalized spacial score (nSPS) is 16.3. The van der Waals surface area contributed by atoms with Gasteiger partial charge in [-0.1, -0.05) is 43.2 Å². The number of nitrogens with one attached hydrogen (secondary N) is 1. The lowest BCUT2D eigenvalue weighted by Crippen LogP contribution is -2.40. The summed E-state index contributed by atoms with van der Waals surface area (Å²) in [6, 6.07) is 10.2. The summed E-state index contributed by atoms with van der Waals surface area (Å²) in [4.78, 5) is 25.8. The topological polar surface area (TPSA) is 49.4 Å². The fourth-order valence-corrected chi connectivity index (χ4v) is 3.17. The Bertz CT molecular complexity index is 495. The van der Waals surface area contributed by atoms with Crippen molar-refractivity contribution in [2.75, 3.05) is 6.54 Å². The molecule has 0 spiro atoms. The molecule has 1 atom stereocenters. The molecule has 0 bridgehead atoms. The minimum atomic E-state index is -0.00837. The van der Waals surface area contributed by atoms with Crippen molar-refractivity contribution in [2.24, 2.45) is 0 Å². The van der Waals surface area contributed by atoms with Gasteiger partial charge in [-0.05, 0) is 25.3 Å². The standard InChI is InChI=1S/C18H26N2O2/c1-14(16-8-4-3-5-9-16)19-18(22)12-13-20(15(2)21)17-10-6-7-11-17/h3-5,8-9,14,17H,6-7,10-13H2,1-2H3,(H,19,22). The summed E-state index contributed by atoms with van der Waals surface area (Å²) in [6.45, 7) is 4.10. The molecule has 1 aromatic carbocycles. The lowest BCUT2D eigenvalue weighted by molar-refractivity contribution is -0.132. The van der Waals surface area contributed by atoms with Crippen molar-refractivity contribution in [3.8, 4) is 0 Å². The van der Waals surface area contributed by atoms with Crippen molar-refractivity contribution >= 4 is 11.8 Å². The summed E-state index contributed by atoms with van der Waals surface area (Å²) in [5.41, 5.74) is 1.09. The van der Waals surface area contributed by atoms with E-state index in [0.29, 0.717) is 19.0 Å². The van der Waals surface area contributed by atoms with E-state index in [4.69, 9.17) is 0 Å². The van der Waals surface area contributed by atoms with Crippen molar-refractivity contribution in [2.45, 2.75) is 58.0 Å². The van der Waals surface area contributed by atoms with Gasteiger partial charge in [0.2, 0.25) is 11.8 Å². The average Bonchev–Trinajstić information content (AvgIpc) is 3.02. The fourth-order valence-electron chi connectivity index (χ4n) is 3.17. The molecule has 1 aliphatic rings. The van der Waals surface area contributed by atoms with E-state index < -0.39 is 0 Å². The quantitative estimate of drug-likeness (QED) is 0.878. The van der Waals surface area contributed by atoms with Gasteiger partial charge in [0, 0.05) is 25.9 Å². The number of carbonyl (C=O) groups excluding carboxylic acids is 2. The minimum absolute atomic E-state index is 0.000556. The van der Waals surface area contributed by atoms with Crippen molar-refractivity contribution in [1.82, 2.24) is 10.2 Å². The molecule has 4 nitrogen and oxygen atoms in total. The van der Waals surface area contributed by atoms with Crippen LogP contribution in [0.1, 0.15) is 57.6 Å². The molecule has 0 radical (unpaired) electrons. The first-order valence-corrected chi connectivity index (χ1v) is 8.19. The highest BCUT2D eigenvalue weighted by Gasteiger charge is 2.24. The molecule has 0 heterocycles. The Kier molecular flexibility index (Phi) is 5.99. The number of rotatable bonds is 6. The molecule has 0 aromatic heterocycles. The molecule has 1 saturated carbocycles. The molecule has 0 saturated heterocycles. The highest BCUT2D eigenvalue weighted by atomic mass is 16.2. The number of nitrogens with zero attached hydrogens (tertiary/aromatic N) is 1. The minimum Gasteiger partial charge on any atom is -0.350 e. The molecule has 1 aromatic rings. The molecule has 1 N–H and O–H groups in total. The molecule has 1 fully saturated rings. The first-order chi connectivity index (χ1) is 10.6. The van der Waals surface area contributed by atoms with E-state index in [2.05, 4.69) is 5.32 Å². The van der Waals surface area contributed by atoms with E-state index in [1.807, 2.05) is 42.2 Å². The highest BCUT2D eigenvalue weighted by Crippen LogP contribution is 2.23. The van der Waals surface area contributed by atoms with Crippen LogP contribution in [0.5, 0.6) is 0 Å². The second kappa shape index (κ2) is 7.97. The zero-order chi connectivity index (χ0) is 15.9. The third-order valence-corrected chi connectivity index (χ3v) is 4.43. The van der Waals surface area contributed by atoms with Gasteiger partial charge in [-0.2, -0.15) is 0 Å². The van der Waals surface area contributed by atoms with Crippen LogP contribution in [-0.2, 0) is 9.59 Å². The van der Waals surface area contributed by atoms with E-state index >= 15 is 0 Å². The van der Waals surface area contributed by atoms with E-state index in [9.17, 15) is 9.59 Å². The summed E-state index contributed by atoms with van der Waals surface area (Å²) in [5, 5.41) is 3.00. The second-order valence-corrected chi connectivity index (χ2v) is 6.10. The Morgan fingerprint density at radius 2 is 1.86 bits per heavy atom. The average molecular weight is 302 g/mol. The van der Waals surface area contributed by atoms with Gasteiger partial charge in [0.25, 0.3) is 0 Å². The number of carbonyl (C=O) groups is 2. The van der Waals surface area contributed by atoms with Gasteiger partial charge in [0.15, 0.2) is 0 Å². The van der Waals surface area contributed by atoms with Gasteiger partial charge in [-0.3, -0.25) is 9.59 Å². The predicted molar refractivity (Wildman–Crippen MR) is 87.3 cm³/mol. The first kappa shape index (κ1) is 16.5. The molecular formula is C18H26N2O2. The van der Waals surface area contributed by atoms with Crippen LogP contribution in [0, 0.1) is 0 Å². The Morgan fingerprint density at radius 3 is 2.45 bits per heavy atom. The SMILES string of the molecule is CC(=O)N(CCC(=O)NC(C)c1ccccc1)C1CCCC1. The molecule has 4 heteroatoms. The van der Waals surface area contributed by atoms with Gasteiger partial charge >= 0.3 is 0 Å². The summed E-state index contributed by atoms with van der Waals surface area (Å²) in [5.74, 6) is 0.0800. The zero-order valence-corrected chi connectivity index (χ0v) is 13.5. The maximum atomic E-state index is 12.1. The number of hydrogen-bond donors (Lipinski definition) is 1. The van der Waals surface area contributed by atoms with Crippen molar-refractivity contribution in [3.05, 3.63) is 35.9 Å². The molecule has 1 unspecified atom stereocenters. The second-order valence-electron chi connectivity index (χ2n) is 6.10. The molecular weight excluding hydrogens is 276 g/mol. The predicted octanol–water partition coefficient (Wildman–Crippen LogP) is 3.05. The maximum absolute atomic E-state index is 12.1. The van der Waals surface area contributed by atoms with Crippen LogP contribution < -0.4 is 5.32 Å². The maximum Gasteiger partial charge on any atom is 0.222 e. The zero-order valence-electron chi connectivity index (χ0n) is 13.5. The van der Waals surface area contributed by atoms with Crippen LogP contribution >= 0.6 is 0 Å². The van der Waals surface area contributed by atoms with Gasteiger partial charge in [-0.25, -0.2) is 0 Å². The van der Waals surface area contributed by atoms with Crippen molar-refractivity contribution < 1.29 is 9.59 Å². The van der Waals surface area contributed by atoms with E-state index in [0.717, 1.165) is 18.4 Å². The lowest BCUT2D eigenvalue weighted by atomic mass is 10.1. The Labute approximate surface area is 132 Å². The summed E-state index contributed by atoms with van der Waals surface area (Å²) in [7, 11) is 0. The molecule has 2 amide bonds. The van der Waals surface area contributed by atoms with Crippen LogP contribution in [0.3, 0.4) is 0 Å².